The monoisotopic (exact) mass is 421 g/mol. The van der Waals surface area contributed by atoms with Gasteiger partial charge in [-0.1, -0.05) is 32.4 Å². The summed E-state index contributed by atoms with van der Waals surface area (Å²) in [5, 5.41) is 3.67. The van der Waals surface area contributed by atoms with Gasteiger partial charge >= 0.3 is 6.03 Å². The van der Waals surface area contributed by atoms with Crippen LogP contribution in [0.2, 0.25) is 5.02 Å². The SMILES string of the molecule is CN(CCOc1ccc(Cl)cc1)CN1C(=O)NC2(CCC(C(C)(C)C)CC2)C1=O. The summed E-state index contributed by atoms with van der Waals surface area (Å²) in [6.07, 6.45) is 3.38. The van der Waals surface area contributed by atoms with Gasteiger partial charge in [0.15, 0.2) is 0 Å². The number of halogens is 1. The normalized spacial score (nSPS) is 25.0. The highest BCUT2D eigenvalue weighted by Crippen LogP contribution is 2.43. The Kier molecular flexibility index (Phi) is 6.44. The van der Waals surface area contributed by atoms with E-state index in [-0.39, 0.29) is 24.0 Å². The average molecular weight is 422 g/mol. The van der Waals surface area contributed by atoms with Crippen LogP contribution in [0.3, 0.4) is 0 Å². The van der Waals surface area contributed by atoms with Crippen LogP contribution < -0.4 is 10.1 Å². The van der Waals surface area contributed by atoms with Crippen molar-refractivity contribution in [2.75, 3.05) is 26.9 Å². The van der Waals surface area contributed by atoms with Gasteiger partial charge in [-0.15, -0.1) is 0 Å². The molecule has 1 saturated heterocycles. The van der Waals surface area contributed by atoms with Crippen molar-refractivity contribution in [1.82, 2.24) is 15.1 Å². The number of likely N-dealkylation sites (N-methyl/N-ethyl adjacent to an activating group) is 1. The van der Waals surface area contributed by atoms with Crippen LogP contribution in [0.25, 0.3) is 0 Å². The van der Waals surface area contributed by atoms with E-state index in [0.29, 0.717) is 24.1 Å². The second kappa shape index (κ2) is 8.52. The van der Waals surface area contributed by atoms with Crippen molar-refractivity contribution in [3.8, 4) is 5.75 Å². The van der Waals surface area contributed by atoms with Crippen LogP contribution in [0.1, 0.15) is 46.5 Å². The molecule has 3 rings (SSSR count). The molecule has 1 aliphatic carbocycles. The molecule has 0 aromatic heterocycles. The summed E-state index contributed by atoms with van der Waals surface area (Å²) in [4.78, 5) is 28.9. The zero-order chi connectivity index (χ0) is 21.2. The molecule has 1 aromatic carbocycles. The van der Waals surface area contributed by atoms with Crippen LogP contribution in [-0.2, 0) is 4.79 Å². The Hall–Kier alpha value is -1.79. The number of hydrogen-bond acceptors (Lipinski definition) is 4. The fourth-order valence-electron chi connectivity index (χ4n) is 4.28. The first-order valence-electron chi connectivity index (χ1n) is 10.3. The van der Waals surface area contributed by atoms with E-state index in [1.807, 2.05) is 24.1 Å². The number of carbonyl (C=O) groups excluding carboxylic acids is 2. The molecule has 1 saturated carbocycles. The third-order valence-electron chi connectivity index (χ3n) is 6.25. The van der Waals surface area contributed by atoms with Crippen molar-refractivity contribution in [3.63, 3.8) is 0 Å². The maximum Gasteiger partial charge on any atom is 0.326 e. The zero-order valence-electron chi connectivity index (χ0n) is 17.8. The van der Waals surface area contributed by atoms with E-state index < -0.39 is 5.54 Å². The average Bonchev–Trinajstić information content (AvgIpc) is 2.87. The molecule has 1 aliphatic heterocycles. The fraction of sp³-hybridized carbons (Fsp3) is 0.636. The van der Waals surface area contributed by atoms with Gasteiger partial charge in [-0.25, -0.2) is 9.69 Å². The minimum Gasteiger partial charge on any atom is -0.492 e. The number of benzene rings is 1. The molecule has 2 aliphatic rings. The molecule has 1 N–H and O–H groups in total. The minimum atomic E-state index is -0.709. The summed E-state index contributed by atoms with van der Waals surface area (Å²) in [5.74, 6) is 1.24. The Labute approximate surface area is 178 Å². The number of urea groups is 1. The van der Waals surface area contributed by atoms with E-state index in [2.05, 4.69) is 26.1 Å². The van der Waals surface area contributed by atoms with Crippen LogP contribution in [-0.4, -0.2) is 54.1 Å². The van der Waals surface area contributed by atoms with Crippen LogP contribution in [0.5, 0.6) is 5.75 Å². The van der Waals surface area contributed by atoms with E-state index in [9.17, 15) is 9.59 Å². The topological polar surface area (TPSA) is 61.9 Å². The Morgan fingerprint density at radius 1 is 1.21 bits per heavy atom. The molecule has 3 amide bonds. The number of carbonyl (C=O) groups is 2. The molecular weight excluding hydrogens is 390 g/mol. The van der Waals surface area contributed by atoms with E-state index in [1.54, 1.807) is 12.1 Å². The van der Waals surface area contributed by atoms with Gasteiger partial charge in [-0.3, -0.25) is 9.69 Å². The van der Waals surface area contributed by atoms with E-state index in [4.69, 9.17) is 16.3 Å². The molecule has 1 aromatic rings. The molecule has 0 bridgehead atoms. The largest absolute Gasteiger partial charge is 0.492 e. The Morgan fingerprint density at radius 3 is 2.41 bits per heavy atom. The van der Waals surface area contributed by atoms with Crippen molar-refractivity contribution in [2.24, 2.45) is 11.3 Å². The van der Waals surface area contributed by atoms with Crippen molar-refractivity contribution in [1.29, 1.82) is 0 Å². The van der Waals surface area contributed by atoms with Gasteiger partial charge in [-0.05, 0) is 68.3 Å². The number of nitrogens with one attached hydrogen (secondary N) is 1. The van der Waals surface area contributed by atoms with Gasteiger partial charge in [0.2, 0.25) is 0 Å². The predicted octanol–water partition coefficient (Wildman–Crippen LogP) is 4.14. The van der Waals surface area contributed by atoms with Gasteiger partial charge < -0.3 is 10.1 Å². The van der Waals surface area contributed by atoms with Crippen molar-refractivity contribution >= 4 is 23.5 Å². The smallest absolute Gasteiger partial charge is 0.326 e. The van der Waals surface area contributed by atoms with E-state index in [0.717, 1.165) is 31.4 Å². The highest BCUT2D eigenvalue weighted by Gasteiger charge is 2.53. The molecular formula is C22H32ClN3O3. The maximum atomic E-state index is 13.1. The van der Waals surface area contributed by atoms with Gasteiger partial charge in [0.1, 0.15) is 17.9 Å². The Balaban J connectivity index is 1.50. The molecule has 7 heteroatoms. The number of imide groups is 1. The van der Waals surface area contributed by atoms with E-state index in [1.165, 1.54) is 4.90 Å². The lowest BCUT2D eigenvalue weighted by Gasteiger charge is -2.40. The number of hydrogen-bond donors (Lipinski definition) is 1. The molecule has 0 radical (unpaired) electrons. The molecule has 0 unspecified atom stereocenters. The fourth-order valence-corrected chi connectivity index (χ4v) is 4.41. The first-order chi connectivity index (χ1) is 13.6. The highest BCUT2D eigenvalue weighted by atomic mass is 35.5. The predicted molar refractivity (Wildman–Crippen MR) is 114 cm³/mol. The summed E-state index contributed by atoms with van der Waals surface area (Å²) >= 11 is 5.87. The molecule has 6 nitrogen and oxygen atoms in total. The van der Waals surface area contributed by atoms with Crippen molar-refractivity contribution in [2.45, 2.75) is 52.0 Å². The van der Waals surface area contributed by atoms with Gasteiger partial charge in [0.25, 0.3) is 5.91 Å². The second-order valence-corrected chi connectivity index (χ2v) is 9.85. The molecule has 2 fully saturated rings. The van der Waals surface area contributed by atoms with Crippen LogP contribution in [0.15, 0.2) is 24.3 Å². The molecule has 29 heavy (non-hydrogen) atoms. The minimum absolute atomic E-state index is 0.0830. The van der Waals surface area contributed by atoms with E-state index >= 15 is 0 Å². The number of amides is 3. The maximum absolute atomic E-state index is 13.1. The van der Waals surface area contributed by atoms with Crippen LogP contribution >= 0.6 is 11.6 Å². The summed E-state index contributed by atoms with van der Waals surface area (Å²) in [5.41, 5.74) is -0.475. The third kappa shape index (κ3) is 5.04. The first kappa shape index (κ1) is 21.9. The Morgan fingerprint density at radius 2 is 1.83 bits per heavy atom. The lowest BCUT2D eigenvalue weighted by molar-refractivity contribution is -0.134. The van der Waals surface area contributed by atoms with Gasteiger partial charge in [0, 0.05) is 11.6 Å². The number of rotatable bonds is 6. The van der Waals surface area contributed by atoms with Crippen molar-refractivity contribution in [3.05, 3.63) is 29.3 Å². The quantitative estimate of drug-likeness (QED) is 0.701. The number of nitrogens with zero attached hydrogens (tertiary/aromatic N) is 2. The zero-order valence-corrected chi connectivity index (χ0v) is 18.6. The Bertz CT molecular complexity index is 737. The second-order valence-electron chi connectivity index (χ2n) is 9.41. The summed E-state index contributed by atoms with van der Waals surface area (Å²) in [6.45, 7) is 8.06. The standard InChI is InChI=1S/C22H32ClN3O3/c1-21(2,3)16-9-11-22(12-10-16)19(27)26(20(28)24-22)15-25(4)13-14-29-18-7-5-17(23)6-8-18/h5-8,16H,9-15H2,1-4H3,(H,24,28). The molecule has 160 valence electrons. The molecule has 0 atom stereocenters. The summed E-state index contributed by atoms with van der Waals surface area (Å²) in [7, 11) is 1.88. The number of ether oxygens (including phenoxy) is 1. The lowest BCUT2D eigenvalue weighted by Crippen LogP contribution is -2.51. The first-order valence-corrected chi connectivity index (χ1v) is 10.7. The molecule has 1 spiro atoms. The van der Waals surface area contributed by atoms with Crippen molar-refractivity contribution < 1.29 is 14.3 Å². The van der Waals surface area contributed by atoms with Gasteiger partial charge in [0.05, 0.1) is 6.67 Å². The lowest BCUT2D eigenvalue weighted by atomic mass is 9.67. The molecule has 1 heterocycles. The summed E-state index contributed by atoms with van der Waals surface area (Å²) in [6, 6.07) is 6.91. The van der Waals surface area contributed by atoms with Gasteiger partial charge in [-0.2, -0.15) is 0 Å². The highest BCUT2D eigenvalue weighted by molar-refractivity contribution is 6.30. The third-order valence-corrected chi connectivity index (χ3v) is 6.50. The van der Waals surface area contributed by atoms with Crippen LogP contribution in [0.4, 0.5) is 4.79 Å². The summed E-state index contributed by atoms with van der Waals surface area (Å²) < 4.78 is 5.70. The van der Waals surface area contributed by atoms with Crippen LogP contribution in [0, 0.1) is 11.3 Å².